The van der Waals surface area contributed by atoms with Gasteiger partial charge in [0.25, 0.3) is 5.56 Å². The molecule has 142 valence electrons. The average molecular weight is 405 g/mol. The monoisotopic (exact) mass is 404 g/mol. The predicted molar refractivity (Wildman–Crippen MR) is 108 cm³/mol. The normalized spacial score (nSPS) is 15.0. The number of hydrogen-bond donors (Lipinski definition) is 1. The molecule has 1 unspecified atom stereocenters. The number of thiophene rings is 1. The van der Waals surface area contributed by atoms with Gasteiger partial charge in [-0.25, -0.2) is 4.98 Å². The Hall–Kier alpha value is -1.73. The van der Waals surface area contributed by atoms with Crippen LogP contribution < -0.4 is 5.56 Å². The minimum Gasteiger partial charge on any atom is -0.389 e. The fraction of sp³-hybridized carbons (Fsp3) is 0.400. The van der Waals surface area contributed by atoms with E-state index in [1.54, 1.807) is 23.5 Å². The van der Waals surface area contributed by atoms with E-state index in [9.17, 15) is 9.90 Å². The summed E-state index contributed by atoms with van der Waals surface area (Å²) in [5, 5.41) is 11.7. The van der Waals surface area contributed by atoms with Gasteiger partial charge in [-0.05, 0) is 48.9 Å². The van der Waals surface area contributed by atoms with Crippen molar-refractivity contribution in [3.8, 4) is 0 Å². The lowest BCUT2D eigenvalue weighted by molar-refractivity contribution is 0.0198. The molecule has 1 atom stereocenters. The summed E-state index contributed by atoms with van der Waals surface area (Å²) < 4.78 is 7.07. The highest BCUT2D eigenvalue weighted by molar-refractivity contribution is 7.18. The summed E-state index contributed by atoms with van der Waals surface area (Å²) in [6, 6.07) is 7.38. The fourth-order valence-corrected chi connectivity index (χ4v) is 4.83. The Morgan fingerprint density at radius 3 is 2.85 bits per heavy atom. The summed E-state index contributed by atoms with van der Waals surface area (Å²) in [5.74, 6) is 0. The van der Waals surface area contributed by atoms with Crippen LogP contribution in [0.15, 0.2) is 35.4 Å². The Bertz CT molecular complexity index is 997. The van der Waals surface area contributed by atoms with Crippen molar-refractivity contribution in [2.45, 2.75) is 44.9 Å². The van der Waals surface area contributed by atoms with Gasteiger partial charge in [-0.2, -0.15) is 0 Å². The number of ether oxygens (including phenoxy) is 1. The van der Waals surface area contributed by atoms with Crippen LogP contribution in [0.2, 0.25) is 5.02 Å². The molecule has 0 saturated heterocycles. The first-order valence-corrected chi connectivity index (χ1v) is 10.3. The summed E-state index contributed by atoms with van der Waals surface area (Å²) in [5.41, 5.74) is 2.09. The topological polar surface area (TPSA) is 64.4 Å². The van der Waals surface area contributed by atoms with Crippen LogP contribution in [0.5, 0.6) is 0 Å². The SMILES string of the molecule is O=c1c2c3c(sc2ncn1CC(O)COCc1ccc(Cl)cc1)CCCC3. The highest BCUT2D eigenvalue weighted by Gasteiger charge is 2.20. The van der Waals surface area contributed by atoms with Gasteiger partial charge < -0.3 is 9.84 Å². The molecule has 1 aromatic carbocycles. The molecule has 0 aliphatic heterocycles. The number of halogens is 1. The lowest BCUT2D eigenvalue weighted by Crippen LogP contribution is -2.29. The third-order valence-corrected chi connectivity index (χ3v) is 6.29. The minimum atomic E-state index is -0.774. The number of fused-ring (bicyclic) bond motifs is 3. The first-order valence-electron chi connectivity index (χ1n) is 9.12. The maximum absolute atomic E-state index is 12.9. The molecule has 0 radical (unpaired) electrons. The van der Waals surface area contributed by atoms with Crippen molar-refractivity contribution in [3.63, 3.8) is 0 Å². The smallest absolute Gasteiger partial charge is 0.262 e. The van der Waals surface area contributed by atoms with Gasteiger partial charge in [0.05, 0.1) is 37.6 Å². The molecule has 0 amide bonds. The maximum Gasteiger partial charge on any atom is 0.262 e. The predicted octanol–water partition coefficient (Wildman–Crippen LogP) is 3.57. The van der Waals surface area contributed by atoms with E-state index in [0.29, 0.717) is 11.6 Å². The first-order chi connectivity index (χ1) is 13.1. The zero-order valence-corrected chi connectivity index (χ0v) is 16.4. The second-order valence-corrected chi connectivity index (χ2v) is 8.41. The van der Waals surface area contributed by atoms with Gasteiger partial charge in [0.2, 0.25) is 0 Å². The van der Waals surface area contributed by atoms with Crippen molar-refractivity contribution < 1.29 is 9.84 Å². The van der Waals surface area contributed by atoms with Crippen molar-refractivity contribution in [2.75, 3.05) is 6.61 Å². The maximum atomic E-state index is 12.9. The van der Waals surface area contributed by atoms with Gasteiger partial charge in [0.15, 0.2) is 0 Å². The molecule has 7 heteroatoms. The lowest BCUT2D eigenvalue weighted by Gasteiger charge is -2.14. The Balaban J connectivity index is 1.42. The Kier molecular flexibility index (Phi) is 5.59. The number of hydrogen-bond acceptors (Lipinski definition) is 5. The van der Waals surface area contributed by atoms with Gasteiger partial charge in [0, 0.05) is 9.90 Å². The van der Waals surface area contributed by atoms with E-state index in [2.05, 4.69) is 4.98 Å². The van der Waals surface area contributed by atoms with Crippen LogP contribution in [0, 0.1) is 0 Å². The van der Waals surface area contributed by atoms with Crippen LogP contribution >= 0.6 is 22.9 Å². The number of aliphatic hydroxyl groups is 1. The largest absolute Gasteiger partial charge is 0.389 e. The van der Waals surface area contributed by atoms with E-state index in [1.165, 1.54) is 27.8 Å². The van der Waals surface area contributed by atoms with Crippen molar-refractivity contribution in [1.29, 1.82) is 0 Å². The van der Waals surface area contributed by atoms with Gasteiger partial charge >= 0.3 is 0 Å². The van der Waals surface area contributed by atoms with Crippen LogP contribution in [0.25, 0.3) is 10.2 Å². The highest BCUT2D eigenvalue weighted by Crippen LogP contribution is 2.33. The summed E-state index contributed by atoms with van der Waals surface area (Å²) >= 11 is 7.49. The zero-order chi connectivity index (χ0) is 18.8. The molecule has 27 heavy (non-hydrogen) atoms. The number of rotatable bonds is 6. The second-order valence-electron chi connectivity index (χ2n) is 6.89. The van der Waals surface area contributed by atoms with E-state index >= 15 is 0 Å². The van der Waals surface area contributed by atoms with E-state index in [-0.39, 0.29) is 18.7 Å². The molecule has 0 saturated carbocycles. The Morgan fingerprint density at radius 1 is 1.26 bits per heavy atom. The molecule has 2 heterocycles. The standard InChI is InChI=1S/C20H21ClN2O3S/c21-14-7-5-13(6-8-14)10-26-11-15(24)9-23-12-22-19-18(20(23)25)16-3-1-2-4-17(16)27-19/h5-8,12,15,24H,1-4,9-11H2. The molecule has 0 fully saturated rings. The van der Waals surface area contributed by atoms with Crippen LogP contribution in [-0.2, 0) is 30.7 Å². The third-order valence-electron chi connectivity index (χ3n) is 4.84. The lowest BCUT2D eigenvalue weighted by atomic mass is 9.97. The third kappa shape index (κ3) is 4.09. The zero-order valence-electron chi connectivity index (χ0n) is 14.9. The fourth-order valence-electron chi connectivity index (χ4n) is 3.48. The molecule has 5 nitrogen and oxygen atoms in total. The van der Waals surface area contributed by atoms with Crippen molar-refractivity contribution in [2.24, 2.45) is 0 Å². The van der Waals surface area contributed by atoms with Gasteiger partial charge in [-0.1, -0.05) is 23.7 Å². The van der Waals surface area contributed by atoms with E-state index in [1.807, 2.05) is 12.1 Å². The van der Waals surface area contributed by atoms with Crippen LogP contribution in [-0.4, -0.2) is 27.4 Å². The van der Waals surface area contributed by atoms with Crippen molar-refractivity contribution >= 4 is 33.2 Å². The summed E-state index contributed by atoms with van der Waals surface area (Å²) in [4.78, 5) is 19.5. The van der Waals surface area contributed by atoms with Gasteiger partial charge in [0.1, 0.15) is 4.83 Å². The summed E-state index contributed by atoms with van der Waals surface area (Å²) in [6.07, 6.45) is 5.05. The molecule has 1 N–H and O–H groups in total. The number of aromatic nitrogens is 2. The molecule has 0 spiro atoms. The summed E-state index contributed by atoms with van der Waals surface area (Å²) in [6.45, 7) is 0.709. The quantitative estimate of drug-likeness (QED) is 0.682. The molecule has 4 rings (SSSR count). The van der Waals surface area contributed by atoms with Crippen molar-refractivity contribution in [3.05, 3.63) is 62.0 Å². The first kappa shape index (κ1) is 18.6. The van der Waals surface area contributed by atoms with Crippen molar-refractivity contribution in [1.82, 2.24) is 9.55 Å². The van der Waals surface area contributed by atoms with E-state index in [0.717, 1.165) is 35.0 Å². The molecule has 3 aromatic rings. The molecule has 1 aliphatic rings. The highest BCUT2D eigenvalue weighted by atomic mass is 35.5. The molecule has 2 aromatic heterocycles. The van der Waals surface area contributed by atoms with Crippen LogP contribution in [0.3, 0.4) is 0 Å². The van der Waals surface area contributed by atoms with Crippen LogP contribution in [0.1, 0.15) is 28.8 Å². The Labute approximate surface area is 166 Å². The number of benzene rings is 1. The van der Waals surface area contributed by atoms with E-state index in [4.69, 9.17) is 16.3 Å². The molecular weight excluding hydrogens is 384 g/mol. The van der Waals surface area contributed by atoms with Gasteiger partial charge in [-0.3, -0.25) is 9.36 Å². The molecule has 0 bridgehead atoms. The number of aryl methyl sites for hydroxylation is 2. The van der Waals surface area contributed by atoms with E-state index < -0.39 is 6.10 Å². The average Bonchev–Trinajstić information content (AvgIpc) is 3.05. The summed E-state index contributed by atoms with van der Waals surface area (Å²) in [7, 11) is 0. The Morgan fingerprint density at radius 2 is 2.04 bits per heavy atom. The number of aliphatic hydroxyl groups excluding tert-OH is 1. The second kappa shape index (κ2) is 8.10. The molecular formula is C20H21ClN2O3S. The molecule has 1 aliphatic carbocycles. The minimum absolute atomic E-state index is 0.0591. The van der Waals surface area contributed by atoms with Crippen LogP contribution in [0.4, 0.5) is 0 Å². The van der Waals surface area contributed by atoms with Gasteiger partial charge in [-0.15, -0.1) is 11.3 Å². The number of nitrogens with zero attached hydrogens (tertiary/aromatic N) is 2.